The number of methoxy groups -OCH3 is 1. The highest BCUT2D eigenvalue weighted by molar-refractivity contribution is 6.06. The van der Waals surface area contributed by atoms with Gasteiger partial charge in [-0.2, -0.15) is 0 Å². The van der Waals surface area contributed by atoms with Crippen LogP contribution in [0.3, 0.4) is 0 Å². The maximum atomic E-state index is 12.8. The SMILES string of the molecule is COC1(c2ccccc2O)COc2cc(O)ccc2C1=O. The Hall–Kier alpha value is -2.53. The van der Waals surface area contributed by atoms with E-state index in [9.17, 15) is 15.0 Å². The highest BCUT2D eigenvalue weighted by Gasteiger charge is 2.47. The van der Waals surface area contributed by atoms with Crippen LogP contribution in [0.25, 0.3) is 0 Å². The van der Waals surface area contributed by atoms with Gasteiger partial charge >= 0.3 is 0 Å². The molecule has 0 bridgehead atoms. The lowest BCUT2D eigenvalue weighted by atomic mass is 9.83. The van der Waals surface area contributed by atoms with E-state index in [1.54, 1.807) is 18.2 Å². The fourth-order valence-electron chi connectivity index (χ4n) is 2.56. The summed E-state index contributed by atoms with van der Waals surface area (Å²) in [5.41, 5.74) is -0.727. The van der Waals surface area contributed by atoms with E-state index in [1.807, 2.05) is 0 Å². The molecule has 5 nitrogen and oxygen atoms in total. The van der Waals surface area contributed by atoms with Gasteiger partial charge in [0, 0.05) is 18.7 Å². The van der Waals surface area contributed by atoms with Gasteiger partial charge in [-0.3, -0.25) is 4.79 Å². The van der Waals surface area contributed by atoms with Crippen LogP contribution in [-0.2, 0) is 10.3 Å². The van der Waals surface area contributed by atoms with E-state index in [-0.39, 0.29) is 23.9 Å². The second-order valence-electron chi connectivity index (χ2n) is 4.85. The van der Waals surface area contributed by atoms with Gasteiger partial charge in [0.25, 0.3) is 0 Å². The number of rotatable bonds is 2. The normalized spacial score (nSPS) is 20.7. The Morgan fingerprint density at radius 1 is 1.19 bits per heavy atom. The molecule has 1 atom stereocenters. The largest absolute Gasteiger partial charge is 0.508 e. The Kier molecular flexibility index (Phi) is 3.07. The first kappa shape index (κ1) is 13.5. The number of aromatic hydroxyl groups is 2. The number of ether oxygens (including phenoxy) is 2. The van der Waals surface area contributed by atoms with Crippen LogP contribution < -0.4 is 4.74 Å². The molecule has 21 heavy (non-hydrogen) atoms. The molecule has 2 N–H and O–H groups in total. The molecule has 2 aromatic carbocycles. The van der Waals surface area contributed by atoms with Crippen molar-refractivity contribution in [3.8, 4) is 17.2 Å². The molecule has 0 aliphatic carbocycles. The Labute approximate surface area is 121 Å². The second kappa shape index (κ2) is 4.79. The summed E-state index contributed by atoms with van der Waals surface area (Å²) in [6, 6.07) is 10.8. The maximum Gasteiger partial charge on any atom is 0.206 e. The smallest absolute Gasteiger partial charge is 0.206 e. The maximum absolute atomic E-state index is 12.8. The molecule has 108 valence electrons. The average molecular weight is 286 g/mol. The highest BCUT2D eigenvalue weighted by atomic mass is 16.5. The Balaban J connectivity index is 2.16. The van der Waals surface area contributed by atoms with E-state index < -0.39 is 5.60 Å². The number of benzene rings is 2. The number of ketones is 1. The van der Waals surface area contributed by atoms with E-state index in [4.69, 9.17) is 9.47 Å². The Bertz CT molecular complexity index is 710. The van der Waals surface area contributed by atoms with Crippen LogP contribution in [0.4, 0.5) is 0 Å². The number of para-hydroxylation sites is 1. The van der Waals surface area contributed by atoms with Crippen molar-refractivity contribution in [2.24, 2.45) is 0 Å². The van der Waals surface area contributed by atoms with Crippen LogP contribution in [0, 0.1) is 0 Å². The highest BCUT2D eigenvalue weighted by Crippen LogP contribution is 2.41. The topological polar surface area (TPSA) is 76.0 Å². The average Bonchev–Trinajstić information content (AvgIpc) is 2.49. The zero-order valence-corrected chi connectivity index (χ0v) is 11.4. The molecule has 1 heterocycles. The molecule has 2 aromatic rings. The summed E-state index contributed by atoms with van der Waals surface area (Å²) >= 11 is 0. The zero-order chi connectivity index (χ0) is 15.0. The number of carbonyl (C=O) groups is 1. The van der Waals surface area contributed by atoms with Crippen molar-refractivity contribution in [3.05, 3.63) is 53.6 Å². The van der Waals surface area contributed by atoms with E-state index >= 15 is 0 Å². The first-order chi connectivity index (χ1) is 10.1. The van der Waals surface area contributed by atoms with Crippen molar-refractivity contribution in [2.45, 2.75) is 5.60 Å². The zero-order valence-electron chi connectivity index (χ0n) is 11.4. The summed E-state index contributed by atoms with van der Waals surface area (Å²) in [5, 5.41) is 19.5. The molecule has 0 amide bonds. The van der Waals surface area contributed by atoms with Gasteiger partial charge in [-0.15, -0.1) is 0 Å². The van der Waals surface area contributed by atoms with Gasteiger partial charge in [0.2, 0.25) is 5.78 Å². The van der Waals surface area contributed by atoms with Crippen molar-refractivity contribution < 1.29 is 24.5 Å². The molecule has 5 heteroatoms. The third-order valence-corrected chi connectivity index (χ3v) is 3.70. The van der Waals surface area contributed by atoms with Gasteiger partial charge in [0.1, 0.15) is 23.9 Å². The molecule has 1 aliphatic rings. The minimum Gasteiger partial charge on any atom is -0.508 e. The quantitative estimate of drug-likeness (QED) is 0.885. The molecule has 0 radical (unpaired) electrons. The fraction of sp³-hybridized carbons (Fsp3) is 0.188. The van der Waals surface area contributed by atoms with Crippen molar-refractivity contribution in [3.63, 3.8) is 0 Å². The van der Waals surface area contributed by atoms with Crippen LogP contribution in [0.1, 0.15) is 15.9 Å². The van der Waals surface area contributed by atoms with E-state index in [0.717, 1.165) is 0 Å². The standard InChI is InChI=1S/C16H14O5/c1-20-16(12-4-2-3-5-13(12)18)9-21-14-8-10(17)6-7-11(14)15(16)19/h2-8,17-18H,9H2,1H3. The number of phenolic OH excluding ortho intramolecular Hbond substituents is 2. The summed E-state index contributed by atoms with van der Waals surface area (Å²) in [6.45, 7) is -0.0731. The van der Waals surface area contributed by atoms with Crippen LogP contribution in [0.15, 0.2) is 42.5 Å². The third-order valence-electron chi connectivity index (χ3n) is 3.70. The van der Waals surface area contributed by atoms with Gasteiger partial charge in [0.05, 0.1) is 5.56 Å². The summed E-state index contributed by atoms with van der Waals surface area (Å²) in [5.74, 6) is -0.0107. The Morgan fingerprint density at radius 2 is 1.95 bits per heavy atom. The molecule has 0 fully saturated rings. The number of Topliss-reactive ketones (excluding diaryl/α,β-unsaturated/α-hetero) is 1. The molecule has 0 spiro atoms. The molecule has 0 saturated heterocycles. The fourth-order valence-corrected chi connectivity index (χ4v) is 2.56. The predicted molar refractivity (Wildman–Crippen MR) is 74.7 cm³/mol. The number of hydrogen-bond donors (Lipinski definition) is 2. The summed E-state index contributed by atoms with van der Waals surface area (Å²) in [6.07, 6.45) is 0. The van der Waals surface area contributed by atoms with Crippen LogP contribution in [-0.4, -0.2) is 29.7 Å². The summed E-state index contributed by atoms with van der Waals surface area (Å²) in [4.78, 5) is 12.8. The van der Waals surface area contributed by atoms with Gasteiger partial charge in [0.15, 0.2) is 5.60 Å². The predicted octanol–water partition coefficient (Wildman–Crippen LogP) is 2.21. The molecule has 0 aromatic heterocycles. The first-order valence-electron chi connectivity index (χ1n) is 6.43. The minimum absolute atomic E-state index is 0.0222. The molecule has 3 rings (SSSR count). The van der Waals surface area contributed by atoms with Crippen LogP contribution >= 0.6 is 0 Å². The van der Waals surface area contributed by atoms with Crippen molar-refractivity contribution in [2.75, 3.05) is 13.7 Å². The van der Waals surface area contributed by atoms with Crippen molar-refractivity contribution in [1.29, 1.82) is 0 Å². The van der Waals surface area contributed by atoms with Gasteiger partial charge in [-0.25, -0.2) is 0 Å². The van der Waals surface area contributed by atoms with Gasteiger partial charge < -0.3 is 19.7 Å². The van der Waals surface area contributed by atoms with Crippen LogP contribution in [0.5, 0.6) is 17.2 Å². The summed E-state index contributed by atoms with van der Waals surface area (Å²) in [7, 11) is 1.40. The van der Waals surface area contributed by atoms with E-state index in [2.05, 4.69) is 0 Å². The first-order valence-corrected chi connectivity index (χ1v) is 6.43. The number of phenols is 2. The molecule has 0 saturated carbocycles. The number of fused-ring (bicyclic) bond motifs is 1. The molecular weight excluding hydrogens is 272 g/mol. The lowest BCUT2D eigenvalue weighted by Gasteiger charge is -2.35. The van der Waals surface area contributed by atoms with E-state index in [1.165, 1.54) is 31.4 Å². The lowest BCUT2D eigenvalue weighted by Crippen LogP contribution is -2.46. The molecule has 1 unspecified atom stereocenters. The lowest BCUT2D eigenvalue weighted by molar-refractivity contribution is -0.0357. The monoisotopic (exact) mass is 286 g/mol. The van der Waals surface area contributed by atoms with Gasteiger partial charge in [-0.05, 0) is 18.2 Å². The molecular formula is C16H14O5. The third kappa shape index (κ3) is 1.94. The number of carbonyl (C=O) groups excluding carboxylic acids is 1. The van der Waals surface area contributed by atoms with Crippen LogP contribution in [0.2, 0.25) is 0 Å². The minimum atomic E-state index is -1.39. The Morgan fingerprint density at radius 3 is 2.67 bits per heavy atom. The van der Waals surface area contributed by atoms with Gasteiger partial charge in [-0.1, -0.05) is 18.2 Å². The second-order valence-corrected chi connectivity index (χ2v) is 4.85. The summed E-state index contributed by atoms with van der Waals surface area (Å²) < 4.78 is 11.0. The number of hydrogen-bond acceptors (Lipinski definition) is 5. The van der Waals surface area contributed by atoms with Crippen molar-refractivity contribution >= 4 is 5.78 Å². The molecule has 1 aliphatic heterocycles. The van der Waals surface area contributed by atoms with E-state index in [0.29, 0.717) is 16.9 Å². The van der Waals surface area contributed by atoms with Crippen molar-refractivity contribution in [1.82, 2.24) is 0 Å².